The van der Waals surface area contributed by atoms with Gasteiger partial charge >= 0.3 is 6.09 Å². The molecule has 0 saturated heterocycles. The average Bonchev–Trinajstić information content (AvgIpc) is 3.13. The molecule has 9 nitrogen and oxygen atoms in total. The molecular weight excluding hydrogens is 403 g/mol. The first-order valence-corrected chi connectivity index (χ1v) is 10.2. The zero-order valence-corrected chi connectivity index (χ0v) is 17.4. The molecular formula is C21H25FN6O3. The van der Waals surface area contributed by atoms with Crippen LogP contribution in [0.2, 0.25) is 0 Å². The monoisotopic (exact) mass is 428 g/mol. The number of carbonyl (C=O) groups is 1. The van der Waals surface area contributed by atoms with Crippen LogP contribution in [0.3, 0.4) is 0 Å². The van der Waals surface area contributed by atoms with Gasteiger partial charge in [-0.2, -0.15) is 5.10 Å². The van der Waals surface area contributed by atoms with Gasteiger partial charge in [-0.05, 0) is 44.9 Å². The lowest BCUT2D eigenvalue weighted by atomic mass is 10.0. The van der Waals surface area contributed by atoms with E-state index in [0.29, 0.717) is 29.2 Å². The summed E-state index contributed by atoms with van der Waals surface area (Å²) >= 11 is 0. The Balaban J connectivity index is 1.75. The number of aromatic nitrogens is 3. The molecule has 2 atom stereocenters. The standard InChI is InChI=1S/C21H25FN6O3/c1-12(9-23)31-18-6-5-15(22)8-16(18)13(2)27-7-3-4-14-11-28-20(26-19(14)27)17(10-24-28)25-21(29)30/h5-6,8,10-13,25H,3-4,7,9,23H2,1-2H3,(H,29,30)/t12-,13+/m0/s1. The van der Waals surface area contributed by atoms with E-state index in [9.17, 15) is 9.18 Å². The Kier molecular flexibility index (Phi) is 5.64. The number of amides is 1. The van der Waals surface area contributed by atoms with Crippen molar-refractivity contribution >= 4 is 23.2 Å². The summed E-state index contributed by atoms with van der Waals surface area (Å²) in [5.41, 5.74) is 8.10. The Hall–Kier alpha value is -3.40. The lowest BCUT2D eigenvalue weighted by Crippen LogP contribution is -2.34. The Bertz CT molecular complexity index is 1120. The molecule has 1 aliphatic heterocycles. The molecule has 0 spiro atoms. The number of halogens is 1. The summed E-state index contributed by atoms with van der Waals surface area (Å²) in [7, 11) is 0. The van der Waals surface area contributed by atoms with Gasteiger partial charge in [-0.25, -0.2) is 18.7 Å². The molecule has 1 aliphatic rings. The van der Waals surface area contributed by atoms with Crippen LogP contribution in [0.1, 0.15) is 37.4 Å². The van der Waals surface area contributed by atoms with Gasteiger partial charge in [0.25, 0.3) is 0 Å². The maximum absolute atomic E-state index is 14.1. The molecule has 31 heavy (non-hydrogen) atoms. The molecule has 0 fully saturated rings. The minimum Gasteiger partial charge on any atom is -0.489 e. The number of nitrogens with two attached hydrogens (primary N) is 1. The molecule has 0 aliphatic carbocycles. The second-order valence-corrected chi connectivity index (χ2v) is 7.67. The molecule has 0 saturated carbocycles. The van der Waals surface area contributed by atoms with Gasteiger partial charge in [0, 0.05) is 30.4 Å². The van der Waals surface area contributed by atoms with Crippen molar-refractivity contribution in [3.8, 4) is 5.75 Å². The highest BCUT2D eigenvalue weighted by Crippen LogP contribution is 2.37. The molecule has 0 radical (unpaired) electrons. The summed E-state index contributed by atoms with van der Waals surface area (Å²) in [5, 5.41) is 15.6. The minimum absolute atomic E-state index is 0.209. The Labute approximate surface area is 178 Å². The van der Waals surface area contributed by atoms with Crippen molar-refractivity contribution in [2.45, 2.75) is 38.8 Å². The van der Waals surface area contributed by atoms with Gasteiger partial charge in [0.2, 0.25) is 0 Å². The third kappa shape index (κ3) is 4.11. The predicted molar refractivity (Wildman–Crippen MR) is 114 cm³/mol. The van der Waals surface area contributed by atoms with Crippen LogP contribution in [0.5, 0.6) is 5.75 Å². The van der Waals surface area contributed by atoms with Crippen LogP contribution in [0.15, 0.2) is 30.6 Å². The minimum atomic E-state index is -1.18. The van der Waals surface area contributed by atoms with E-state index in [-0.39, 0.29) is 18.0 Å². The number of benzene rings is 1. The summed E-state index contributed by atoms with van der Waals surface area (Å²) in [6, 6.07) is 4.24. The van der Waals surface area contributed by atoms with Gasteiger partial charge in [-0.1, -0.05) is 0 Å². The third-order valence-corrected chi connectivity index (χ3v) is 5.45. The number of anilines is 2. The number of hydrogen-bond donors (Lipinski definition) is 3. The van der Waals surface area contributed by atoms with E-state index in [2.05, 4.69) is 15.3 Å². The fourth-order valence-corrected chi connectivity index (χ4v) is 3.88. The van der Waals surface area contributed by atoms with Crippen molar-refractivity contribution in [1.82, 2.24) is 14.6 Å². The highest BCUT2D eigenvalue weighted by atomic mass is 19.1. The van der Waals surface area contributed by atoms with Crippen LogP contribution in [0.4, 0.5) is 20.7 Å². The first kappa shape index (κ1) is 20.9. The van der Waals surface area contributed by atoms with E-state index >= 15 is 0 Å². The second kappa shape index (κ2) is 8.38. The van der Waals surface area contributed by atoms with Crippen LogP contribution in [-0.2, 0) is 6.42 Å². The largest absolute Gasteiger partial charge is 0.489 e. The molecule has 4 rings (SSSR count). The molecule has 164 valence electrons. The van der Waals surface area contributed by atoms with Crippen molar-refractivity contribution < 1.29 is 19.0 Å². The highest BCUT2D eigenvalue weighted by Gasteiger charge is 2.28. The van der Waals surface area contributed by atoms with E-state index in [1.807, 2.05) is 20.0 Å². The SMILES string of the molecule is C[C@H](c1cc(F)ccc1O[C@@H](C)CN)N1CCCc2cn3ncc(NC(=O)O)c3nc21. The van der Waals surface area contributed by atoms with Crippen LogP contribution in [-0.4, -0.2) is 45.0 Å². The molecule has 1 amide bonds. The maximum Gasteiger partial charge on any atom is 0.409 e. The van der Waals surface area contributed by atoms with E-state index in [1.54, 1.807) is 10.6 Å². The van der Waals surface area contributed by atoms with Crippen LogP contribution < -0.4 is 20.7 Å². The number of fused-ring (bicyclic) bond motifs is 2. The summed E-state index contributed by atoms with van der Waals surface area (Å²) < 4.78 is 21.7. The second-order valence-electron chi connectivity index (χ2n) is 7.67. The van der Waals surface area contributed by atoms with Crippen molar-refractivity contribution in [1.29, 1.82) is 0 Å². The number of nitrogens with one attached hydrogen (secondary N) is 1. The number of aryl methyl sites for hydroxylation is 1. The van der Waals surface area contributed by atoms with Crippen molar-refractivity contribution in [2.24, 2.45) is 5.73 Å². The third-order valence-electron chi connectivity index (χ3n) is 5.45. The molecule has 1 aromatic carbocycles. The molecule has 3 heterocycles. The number of nitrogens with zero attached hydrogens (tertiary/aromatic N) is 4. The number of hydrogen-bond acceptors (Lipinski definition) is 6. The van der Waals surface area contributed by atoms with Gasteiger partial charge in [0.05, 0.1) is 12.2 Å². The topological polar surface area (TPSA) is 118 Å². The van der Waals surface area contributed by atoms with Gasteiger partial charge < -0.3 is 20.5 Å². The quantitative estimate of drug-likeness (QED) is 0.552. The normalized spacial score (nSPS) is 15.4. The molecule has 3 aromatic rings. The van der Waals surface area contributed by atoms with Crippen molar-refractivity contribution in [2.75, 3.05) is 23.3 Å². The molecule has 2 aromatic heterocycles. The van der Waals surface area contributed by atoms with Crippen LogP contribution in [0, 0.1) is 5.82 Å². The summed E-state index contributed by atoms with van der Waals surface area (Å²) in [6.45, 7) is 4.90. The number of carboxylic acid groups (broad SMARTS) is 1. The first-order valence-electron chi connectivity index (χ1n) is 10.2. The van der Waals surface area contributed by atoms with Gasteiger partial charge in [-0.3, -0.25) is 5.32 Å². The fraction of sp³-hybridized carbons (Fsp3) is 0.381. The van der Waals surface area contributed by atoms with Crippen molar-refractivity contribution in [3.05, 3.63) is 47.5 Å². The summed E-state index contributed by atoms with van der Waals surface area (Å²) in [5.74, 6) is 0.957. The van der Waals surface area contributed by atoms with Crippen LogP contribution in [0.25, 0.3) is 5.65 Å². The highest BCUT2D eigenvalue weighted by molar-refractivity contribution is 5.88. The molecule has 0 bridgehead atoms. The Morgan fingerprint density at radius 2 is 2.23 bits per heavy atom. The fourth-order valence-electron chi connectivity index (χ4n) is 3.88. The summed E-state index contributed by atoms with van der Waals surface area (Å²) in [4.78, 5) is 17.9. The van der Waals surface area contributed by atoms with E-state index in [0.717, 1.165) is 30.8 Å². The van der Waals surface area contributed by atoms with Crippen LogP contribution >= 0.6 is 0 Å². The zero-order valence-electron chi connectivity index (χ0n) is 17.4. The lowest BCUT2D eigenvalue weighted by Gasteiger charge is -2.36. The van der Waals surface area contributed by atoms with Gasteiger partial charge in [0.1, 0.15) is 29.2 Å². The molecule has 4 N–H and O–H groups in total. The Morgan fingerprint density at radius 1 is 1.42 bits per heavy atom. The van der Waals surface area contributed by atoms with Crippen molar-refractivity contribution in [3.63, 3.8) is 0 Å². The first-order chi connectivity index (χ1) is 14.9. The number of rotatable bonds is 6. The zero-order chi connectivity index (χ0) is 22.1. The Morgan fingerprint density at radius 3 is 2.97 bits per heavy atom. The van der Waals surface area contributed by atoms with Gasteiger partial charge in [-0.15, -0.1) is 0 Å². The molecule has 10 heteroatoms. The lowest BCUT2D eigenvalue weighted by molar-refractivity contribution is 0.210. The predicted octanol–water partition coefficient (Wildman–Crippen LogP) is 3.20. The van der Waals surface area contributed by atoms with E-state index < -0.39 is 6.09 Å². The summed E-state index contributed by atoms with van der Waals surface area (Å²) in [6.07, 6.45) is 3.62. The number of ether oxygens (including phenoxy) is 1. The average molecular weight is 428 g/mol. The van der Waals surface area contributed by atoms with E-state index in [4.69, 9.17) is 20.6 Å². The van der Waals surface area contributed by atoms with E-state index in [1.165, 1.54) is 18.3 Å². The van der Waals surface area contributed by atoms with Gasteiger partial charge in [0.15, 0.2) is 5.65 Å². The smallest absolute Gasteiger partial charge is 0.409 e. The maximum atomic E-state index is 14.1. The molecule has 0 unspecified atom stereocenters.